The standard InChI is InChI=1S/C23H27N5O2S/c1-16-7-9-18(10-8-16)31(29,30)27-13-11-19-21(27)24-14-17-15-25-22(28(17)19)26-12-5-6-20(26)23(2,3)4/h7-11,13-15,20H,5-6,12H2,1-4H3. The van der Waals surface area contributed by atoms with Gasteiger partial charge in [0.05, 0.1) is 28.3 Å². The highest BCUT2D eigenvalue weighted by atomic mass is 32.2. The molecule has 0 N–H and O–H groups in total. The zero-order chi connectivity index (χ0) is 22.0. The number of imidazole rings is 1. The van der Waals surface area contributed by atoms with Crippen LogP contribution in [0.5, 0.6) is 0 Å². The number of benzene rings is 1. The molecule has 0 radical (unpaired) electrons. The van der Waals surface area contributed by atoms with Crippen molar-refractivity contribution in [3.05, 3.63) is 54.5 Å². The molecule has 8 heteroatoms. The normalized spacial score (nSPS) is 17.8. The molecule has 31 heavy (non-hydrogen) atoms. The summed E-state index contributed by atoms with van der Waals surface area (Å²) in [4.78, 5) is 11.8. The van der Waals surface area contributed by atoms with Crippen LogP contribution in [0.1, 0.15) is 39.2 Å². The number of anilines is 1. The minimum atomic E-state index is -3.75. The van der Waals surface area contributed by atoms with Gasteiger partial charge in [0.1, 0.15) is 0 Å². The van der Waals surface area contributed by atoms with Crippen molar-refractivity contribution in [2.45, 2.75) is 51.5 Å². The lowest BCUT2D eigenvalue weighted by Gasteiger charge is -2.35. The highest BCUT2D eigenvalue weighted by Gasteiger charge is 2.36. The number of hydrogen-bond donors (Lipinski definition) is 0. The van der Waals surface area contributed by atoms with Gasteiger partial charge in [0.25, 0.3) is 10.0 Å². The summed E-state index contributed by atoms with van der Waals surface area (Å²) in [5.41, 5.74) is 3.12. The van der Waals surface area contributed by atoms with Crippen molar-refractivity contribution < 1.29 is 8.42 Å². The number of aryl methyl sites for hydroxylation is 1. The number of nitrogens with zero attached hydrogens (tertiary/aromatic N) is 5. The maximum Gasteiger partial charge on any atom is 0.269 e. The predicted octanol–water partition coefficient (Wildman–Crippen LogP) is 4.24. The monoisotopic (exact) mass is 437 g/mol. The third-order valence-corrected chi connectivity index (χ3v) is 7.90. The zero-order valence-electron chi connectivity index (χ0n) is 18.3. The van der Waals surface area contributed by atoms with Gasteiger partial charge in [-0.3, -0.25) is 4.40 Å². The Bertz CT molecular complexity index is 1380. The second kappa shape index (κ2) is 6.82. The molecule has 0 spiro atoms. The zero-order valence-corrected chi connectivity index (χ0v) is 19.1. The molecule has 7 nitrogen and oxygen atoms in total. The average molecular weight is 438 g/mol. The largest absolute Gasteiger partial charge is 0.338 e. The van der Waals surface area contributed by atoms with Crippen molar-refractivity contribution in [3.63, 3.8) is 0 Å². The number of rotatable bonds is 3. The van der Waals surface area contributed by atoms with Gasteiger partial charge in [0.2, 0.25) is 5.95 Å². The van der Waals surface area contributed by atoms with Crippen molar-refractivity contribution in [2.75, 3.05) is 11.4 Å². The van der Waals surface area contributed by atoms with Crippen molar-refractivity contribution in [1.29, 1.82) is 0 Å². The summed E-state index contributed by atoms with van der Waals surface area (Å²) >= 11 is 0. The van der Waals surface area contributed by atoms with Crippen LogP contribution in [0.15, 0.2) is 53.8 Å². The molecule has 162 valence electrons. The Morgan fingerprint density at radius 2 is 1.74 bits per heavy atom. The maximum atomic E-state index is 13.3. The second-order valence-electron chi connectivity index (χ2n) is 9.43. The molecule has 0 saturated carbocycles. The van der Waals surface area contributed by atoms with E-state index in [1.54, 1.807) is 36.7 Å². The Balaban J connectivity index is 1.68. The first-order chi connectivity index (χ1) is 14.7. The van der Waals surface area contributed by atoms with Gasteiger partial charge in [0.15, 0.2) is 5.65 Å². The molecular formula is C23H27N5O2S. The lowest BCUT2D eigenvalue weighted by atomic mass is 9.85. The highest BCUT2D eigenvalue weighted by molar-refractivity contribution is 7.90. The van der Waals surface area contributed by atoms with Crippen LogP contribution < -0.4 is 4.90 Å². The van der Waals surface area contributed by atoms with Crippen molar-refractivity contribution in [3.8, 4) is 0 Å². The molecule has 0 bridgehead atoms. The predicted molar refractivity (Wildman–Crippen MR) is 122 cm³/mol. The summed E-state index contributed by atoms with van der Waals surface area (Å²) in [6.45, 7) is 9.64. The van der Waals surface area contributed by atoms with Crippen molar-refractivity contribution in [2.24, 2.45) is 5.41 Å². The van der Waals surface area contributed by atoms with Gasteiger partial charge in [0, 0.05) is 18.8 Å². The third kappa shape index (κ3) is 3.12. The Morgan fingerprint density at radius 1 is 1.03 bits per heavy atom. The summed E-state index contributed by atoms with van der Waals surface area (Å²) in [6, 6.07) is 9.07. The van der Waals surface area contributed by atoms with Crippen LogP contribution in [-0.2, 0) is 10.0 Å². The van der Waals surface area contributed by atoms with Crippen LogP contribution in [0, 0.1) is 12.3 Å². The van der Waals surface area contributed by atoms with Gasteiger partial charge in [-0.25, -0.2) is 22.4 Å². The fourth-order valence-corrected chi connectivity index (χ4v) is 5.94. The van der Waals surface area contributed by atoms with E-state index in [9.17, 15) is 8.42 Å². The summed E-state index contributed by atoms with van der Waals surface area (Å²) < 4.78 is 29.9. The first-order valence-corrected chi connectivity index (χ1v) is 12.0. The quantitative estimate of drug-likeness (QED) is 0.479. The first-order valence-electron chi connectivity index (χ1n) is 10.6. The van der Waals surface area contributed by atoms with E-state index < -0.39 is 10.0 Å². The van der Waals surface area contributed by atoms with Gasteiger partial charge in [-0.1, -0.05) is 38.5 Å². The molecule has 1 fully saturated rings. The molecule has 0 aliphatic carbocycles. The number of aromatic nitrogens is 4. The highest BCUT2D eigenvalue weighted by Crippen LogP contribution is 2.36. The minimum Gasteiger partial charge on any atom is -0.338 e. The van der Waals surface area contributed by atoms with E-state index in [4.69, 9.17) is 4.98 Å². The molecule has 1 unspecified atom stereocenters. The molecule has 1 saturated heterocycles. The topological polar surface area (TPSA) is 72.5 Å². The van der Waals surface area contributed by atoms with Crippen LogP contribution in [0.25, 0.3) is 16.7 Å². The smallest absolute Gasteiger partial charge is 0.269 e. The molecule has 5 rings (SSSR count). The molecule has 0 amide bonds. The lowest BCUT2D eigenvalue weighted by molar-refractivity contribution is 0.318. The van der Waals surface area contributed by atoms with Crippen LogP contribution in [-0.4, -0.2) is 39.3 Å². The molecule has 1 atom stereocenters. The van der Waals surface area contributed by atoms with E-state index in [1.165, 1.54) is 3.97 Å². The van der Waals surface area contributed by atoms with E-state index in [2.05, 4.69) is 30.7 Å². The van der Waals surface area contributed by atoms with Crippen LogP contribution in [0.2, 0.25) is 0 Å². The van der Waals surface area contributed by atoms with E-state index in [1.807, 2.05) is 23.6 Å². The van der Waals surface area contributed by atoms with Crippen molar-refractivity contribution >= 4 is 32.7 Å². The van der Waals surface area contributed by atoms with Gasteiger partial charge in [-0.2, -0.15) is 0 Å². The van der Waals surface area contributed by atoms with E-state index in [-0.39, 0.29) is 10.3 Å². The van der Waals surface area contributed by atoms with Gasteiger partial charge < -0.3 is 4.90 Å². The van der Waals surface area contributed by atoms with Gasteiger partial charge in [-0.05, 0) is 43.4 Å². The van der Waals surface area contributed by atoms with E-state index in [0.29, 0.717) is 11.7 Å². The fraction of sp³-hybridized carbons (Fsp3) is 0.391. The van der Waals surface area contributed by atoms with Gasteiger partial charge >= 0.3 is 0 Å². The Hall–Kier alpha value is -2.87. The van der Waals surface area contributed by atoms with Crippen molar-refractivity contribution in [1.82, 2.24) is 18.3 Å². The molecular weight excluding hydrogens is 410 g/mol. The third-order valence-electron chi connectivity index (χ3n) is 6.22. The SMILES string of the molecule is Cc1ccc(S(=O)(=O)n2ccc3c2ncc2cnc(N4CCCC4C(C)(C)C)n23)cc1. The lowest BCUT2D eigenvalue weighted by Crippen LogP contribution is -2.40. The van der Waals surface area contributed by atoms with Crippen LogP contribution in [0.3, 0.4) is 0 Å². The molecule has 1 aromatic carbocycles. The fourth-order valence-electron chi connectivity index (χ4n) is 4.64. The first kappa shape index (κ1) is 20.1. The maximum absolute atomic E-state index is 13.3. The second-order valence-corrected chi connectivity index (χ2v) is 11.2. The molecule has 3 aromatic heterocycles. The Kier molecular flexibility index (Phi) is 4.41. The molecule has 1 aliphatic heterocycles. The number of hydrogen-bond acceptors (Lipinski definition) is 5. The summed E-state index contributed by atoms with van der Waals surface area (Å²) in [7, 11) is -3.75. The molecule has 1 aliphatic rings. The van der Waals surface area contributed by atoms with E-state index in [0.717, 1.165) is 41.9 Å². The number of fused-ring (bicyclic) bond motifs is 3. The van der Waals surface area contributed by atoms with Gasteiger partial charge in [-0.15, -0.1) is 0 Å². The summed E-state index contributed by atoms with van der Waals surface area (Å²) in [5, 5.41) is 0. The summed E-state index contributed by atoms with van der Waals surface area (Å²) in [5.74, 6) is 0.852. The van der Waals surface area contributed by atoms with E-state index >= 15 is 0 Å². The van der Waals surface area contributed by atoms with Crippen LogP contribution in [0.4, 0.5) is 5.95 Å². The minimum absolute atomic E-state index is 0.120. The average Bonchev–Trinajstić information content (AvgIpc) is 3.44. The Labute approximate surface area is 182 Å². The Morgan fingerprint density at radius 3 is 2.45 bits per heavy atom. The molecule has 4 aromatic rings. The summed E-state index contributed by atoms with van der Waals surface area (Å²) in [6.07, 6.45) is 7.33. The molecule has 4 heterocycles. The van der Waals surface area contributed by atoms with Crippen LogP contribution >= 0.6 is 0 Å².